The summed E-state index contributed by atoms with van der Waals surface area (Å²) in [5, 5.41) is 4.42. The Balaban J connectivity index is 4.49. The van der Waals surface area contributed by atoms with Gasteiger partial charge in [0, 0.05) is 0 Å². The average Bonchev–Trinajstić information content (AvgIpc) is 3.00. The van der Waals surface area contributed by atoms with Gasteiger partial charge in [0.25, 0.3) is 0 Å². The SMILES string of the molecule is CCCCCCCCCCCCCCCCN[PH](CCCCCCCC)(CCCCCCCC)CCCCCCCC. The molecule has 42 heavy (non-hydrogen) atoms. The molecule has 0 amide bonds. The Morgan fingerprint density at radius 2 is 0.476 bits per heavy atom. The molecule has 0 aliphatic heterocycles. The summed E-state index contributed by atoms with van der Waals surface area (Å²) in [5.74, 6) is 0. The molecule has 0 rings (SSSR count). The van der Waals surface area contributed by atoms with E-state index in [9.17, 15) is 0 Å². The zero-order valence-electron chi connectivity index (χ0n) is 30.5. The molecule has 1 N–H and O–H groups in total. The summed E-state index contributed by atoms with van der Waals surface area (Å²) >= 11 is 0. The second-order valence-corrected chi connectivity index (χ2v) is 18.8. The summed E-state index contributed by atoms with van der Waals surface area (Å²) in [7, 11) is -1.36. The Kier molecular flexibility index (Phi) is 36.2. The molecule has 0 aromatic carbocycles. The van der Waals surface area contributed by atoms with E-state index in [2.05, 4.69) is 32.8 Å². The van der Waals surface area contributed by atoms with Crippen molar-refractivity contribution in [3.05, 3.63) is 0 Å². The topological polar surface area (TPSA) is 12.0 Å². The van der Waals surface area contributed by atoms with Gasteiger partial charge in [0.05, 0.1) is 0 Å². The zero-order chi connectivity index (χ0) is 30.7. The molecule has 0 aromatic rings. The van der Waals surface area contributed by atoms with Crippen LogP contribution in [0.1, 0.15) is 233 Å². The molecule has 0 saturated heterocycles. The molecule has 0 atom stereocenters. The molecule has 0 aliphatic rings. The van der Waals surface area contributed by atoms with E-state index in [1.165, 1.54) is 212 Å². The first kappa shape index (κ1) is 42.4. The number of hydrogen-bond acceptors (Lipinski definition) is 1. The van der Waals surface area contributed by atoms with Crippen LogP contribution >= 0.6 is 7.41 Å². The van der Waals surface area contributed by atoms with E-state index < -0.39 is 7.41 Å². The first-order valence-electron chi connectivity index (χ1n) is 20.5. The summed E-state index contributed by atoms with van der Waals surface area (Å²) < 4.78 is 0. The molecule has 0 unspecified atom stereocenters. The Labute approximate surface area is 270 Å². The first-order valence-corrected chi connectivity index (χ1v) is 23.1. The Morgan fingerprint density at radius 3 is 0.738 bits per heavy atom. The molecule has 1 nitrogen and oxygen atoms in total. The second kappa shape index (κ2) is 35.9. The normalized spacial score (nSPS) is 12.4. The van der Waals surface area contributed by atoms with Gasteiger partial charge >= 0.3 is 238 Å². The monoisotopic (exact) mass is 612 g/mol. The van der Waals surface area contributed by atoms with Crippen molar-refractivity contribution in [3.8, 4) is 0 Å². The molecule has 0 aliphatic carbocycles. The van der Waals surface area contributed by atoms with Crippen LogP contribution in [0.3, 0.4) is 0 Å². The fourth-order valence-electron chi connectivity index (χ4n) is 7.04. The van der Waals surface area contributed by atoms with E-state index in [0.717, 1.165) is 0 Å². The van der Waals surface area contributed by atoms with Crippen LogP contribution < -0.4 is 5.09 Å². The second-order valence-electron chi connectivity index (χ2n) is 14.4. The van der Waals surface area contributed by atoms with Crippen LogP contribution in [-0.4, -0.2) is 25.0 Å². The van der Waals surface area contributed by atoms with E-state index in [1.54, 1.807) is 18.5 Å². The van der Waals surface area contributed by atoms with Crippen molar-refractivity contribution in [2.45, 2.75) is 233 Å². The predicted octanol–water partition coefficient (Wildman–Crippen LogP) is 14.8. The number of hydrogen-bond donors (Lipinski definition) is 1. The van der Waals surface area contributed by atoms with Crippen LogP contribution in [-0.2, 0) is 0 Å². The van der Waals surface area contributed by atoms with Crippen molar-refractivity contribution in [2.75, 3.05) is 25.0 Å². The van der Waals surface area contributed by atoms with Gasteiger partial charge in [0.2, 0.25) is 0 Å². The Bertz CT molecular complexity index is 437. The van der Waals surface area contributed by atoms with E-state index in [-0.39, 0.29) is 0 Å². The fraction of sp³-hybridized carbons (Fsp3) is 1.00. The van der Waals surface area contributed by atoms with Gasteiger partial charge in [-0.1, -0.05) is 32.6 Å². The first-order chi connectivity index (χ1) is 20.7. The van der Waals surface area contributed by atoms with Crippen molar-refractivity contribution in [1.82, 2.24) is 5.09 Å². The van der Waals surface area contributed by atoms with E-state index >= 15 is 0 Å². The van der Waals surface area contributed by atoms with Gasteiger partial charge in [0.15, 0.2) is 0 Å². The third-order valence-corrected chi connectivity index (χ3v) is 15.0. The van der Waals surface area contributed by atoms with Gasteiger partial charge < -0.3 is 0 Å². The van der Waals surface area contributed by atoms with E-state index in [1.807, 2.05) is 0 Å². The summed E-state index contributed by atoms with van der Waals surface area (Å²) in [4.78, 5) is 0. The maximum atomic E-state index is 4.42. The molecule has 0 spiro atoms. The molecule has 0 bridgehead atoms. The van der Waals surface area contributed by atoms with Crippen LogP contribution in [0, 0.1) is 0 Å². The van der Waals surface area contributed by atoms with Gasteiger partial charge in [-0.05, 0) is 0 Å². The Hall–Kier alpha value is 0.390. The van der Waals surface area contributed by atoms with Crippen molar-refractivity contribution in [3.63, 3.8) is 0 Å². The predicted molar refractivity (Wildman–Crippen MR) is 201 cm³/mol. The van der Waals surface area contributed by atoms with Crippen LogP contribution in [0.5, 0.6) is 0 Å². The zero-order valence-corrected chi connectivity index (χ0v) is 31.5. The van der Waals surface area contributed by atoms with Crippen LogP contribution in [0.4, 0.5) is 0 Å². The third kappa shape index (κ3) is 30.4. The van der Waals surface area contributed by atoms with Gasteiger partial charge in [-0.15, -0.1) is 0 Å². The molecule has 2 heteroatoms. The maximum absolute atomic E-state index is 4.42. The molecule has 0 radical (unpaired) electrons. The van der Waals surface area contributed by atoms with Crippen molar-refractivity contribution in [1.29, 1.82) is 0 Å². The Morgan fingerprint density at radius 1 is 0.262 bits per heavy atom. The quantitative estimate of drug-likeness (QED) is 0.0544. The fourth-order valence-corrected chi connectivity index (χ4v) is 11.8. The number of unbranched alkanes of at least 4 members (excludes halogenated alkanes) is 28. The van der Waals surface area contributed by atoms with Crippen LogP contribution in [0.25, 0.3) is 0 Å². The summed E-state index contributed by atoms with van der Waals surface area (Å²) in [6.07, 6.45) is 51.4. The van der Waals surface area contributed by atoms with E-state index in [4.69, 9.17) is 0 Å². The standard InChI is InChI=1S/C40H86NP/c1-5-9-13-17-21-22-23-24-25-26-27-28-29-33-37-41-42(38-34-30-18-14-10-6-2,39-35-31-19-15-11-7-3)40-36-32-20-16-12-8-4/h41-42H,5-40H2,1-4H3. The van der Waals surface area contributed by atoms with Gasteiger partial charge in [-0.2, -0.15) is 0 Å². The van der Waals surface area contributed by atoms with E-state index in [0.29, 0.717) is 0 Å². The molecule has 0 heterocycles. The minimum absolute atomic E-state index is 1.33. The molecular weight excluding hydrogens is 525 g/mol. The average molecular weight is 612 g/mol. The van der Waals surface area contributed by atoms with Gasteiger partial charge in [-0.3, -0.25) is 0 Å². The molecule has 0 saturated carbocycles. The van der Waals surface area contributed by atoms with Crippen LogP contribution in [0.15, 0.2) is 0 Å². The summed E-state index contributed by atoms with van der Waals surface area (Å²) in [6.45, 7) is 10.7. The molecule has 256 valence electrons. The van der Waals surface area contributed by atoms with Gasteiger partial charge in [0.1, 0.15) is 0 Å². The molecule has 0 aromatic heterocycles. The van der Waals surface area contributed by atoms with Gasteiger partial charge in [-0.25, -0.2) is 0 Å². The minimum atomic E-state index is -1.36. The van der Waals surface area contributed by atoms with Crippen molar-refractivity contribution < 1.29 is 0 Å². The molecule has 0 fully saturated rings. The van der Waals surface area contributed by atoms with Crippen LogP contribution in [0.2, 0.25) is 0 Å². The number of nitrogens with one attached hydrogen (secondary N) is 1. The number of rotatable bonds is 37. The summed E-state index contributed by atoms with van der Waals surface area (Å²) in [6, 6.07) is 0. The van der Waals surface area contributed by atoms with Crippen molar-refractivity contribution >= 4 is 7.41 Å². The third-order valence-electron chi connectivity index (χ3n) is 10.1. The van der Waals surface area contributed by atoms with Crippen molar-refractivity contribution in [2.24, 2.45) is 0 Å². The molecular formula is C40H86NP. The summed E-state index contributed by atoms with van der Waals surface area (Å²) in [5.41, 5.74) is 0.